The molecule has 2 saturated heterocycles. The summed E-state index contributed by atoms with van der Waals surface area (Å²) in [4.78, 5) is 13.8. The minimum Gasteiger partial charge on any atom is -0.378 e. The standard InChI is InChI=1S/C13H24N2O3/c1-2-12-11(3-6-18-12)9-14-10-13(16)15-4-7-17-8-5-15/h11-12,14H,2-10H2,1H3. The molecule has 2 fully saturated rings. The summed E-state index contributed by atoms with van der Waals surface area (Å²) in [7, 11) is 0. The number of ether oxygens (including phenoxy) is 2. The molecule has 2 aliphatic rings. The molecule has 2 heterocycles. The molecule has 2 atom stereocenters. The van der Waals surface area contributed by atoms with Crippen molar-refractivity contribution < 1.29 is 14.3 Å². The third kappa shape index (κ3) is 3.67. The second kappa shape index (κ2) is 7.07. The van der Waals surface area contributed by atoms with Crippen LogP contribution in [0.3, 0.4) is 0 Å². The maximum Gasteiger partial charge on any atom is 0.236 e. The molecule has 1 N–H and O–H groups in total. The summed E-state index contributed by atoms with van der Waals surface area (Å²) in [6.07, 6.45) is 2.54. The molecule has 5 nitrogen and oxygen atoms in total. The Balaban J connectivity index is 1.63. The molecular weight excluding hydrogens is 232 g/mol. The van der Waals surface area contributed by atoms with Crippen LogP contribution in [0.1, 0.15) is 19.8 Å². The zero-order valence-corrected chi connectivity index (χ0v) is 11.2. The summed E-state index contributed by atoms with van der Waals surface area (Å²) in [6, 6.07) is 0. The van der Waals surface area contributed by atoms with Crippen LogP contribution in [0.5, 0.6) is 0 Å². The minimum atomic E-state index is 0.185. The average Bonchev–Trinajstić information content (AvgIpc) is 2.87. The van der Waals surface area contributed by atoms with E-state index in [0.717, 1.165) is 39.1 Å². The lowest BCUT2D eigenvalue weighted by Crippen LogP contribution is -2.45. The Morgan fingerprint density at radius 3 is 2.83 bits per heavy atom. The van der Waals surface area contributed by atoms with E-state index in [1.165, 1.54) is 0 Å². The van der Waals surface area contributed by atoms with Crippen LogP contribution in [0.15, 0.2) is 0 Å². The fourth-order valence-corrected chi connectivity index (χ4v) is 2.67. The van der Waals surface area contributed by atoms with Gasteiger partial charge >= 0.3 is 0 Å². The van der Waals surface area contributed by atoms with Crippen molar-refractivity contribution >= 4 is 5.91 Å². The Morgan fingerprint density at radius 2 is 2.11 bits per heavy atom. The Bertz CT molecular complexity index is 267. The van der Waals surface area contributed by atoms with Gasteiger partial charge in [0.25, 0.3) is 0 Å². The van der Waals surface area contributed by atoms with E-state index in [2.05, 4.69) is 12.2 Å². The van der Waals surface area contributed by atoms with Gasteiger partial charge in [0.2, 0.25) is 5.91 Å². The molecule has 0 aromatic carbocycles. The zero-order valence-electron chi connectivity index (χ0n) is 11.2. The van der Waals surface area contributed by atoms with Crippen LogP contribution in [0.25, 0.3) is 0 Å². The predicted octanol–water partition coefficient (Wildman–Crippen LogP) is 0.250. The minimum absolute atomic E-state index is 0.185. The van der Waals surface area contributed by atoms with E-state index in [4.69, 9.17) is 9.47 Å². The van der Waals surface area contributed by atoms with Crippen LogP contribution in [-0.4, -0.2) is 62.9 Å². The van der Waals surface area contributed by atoms with Gasteiger partial charge in [0.05, 0.1) is 25.9 Å². The van der Waals surface area contributed by atoms with E-state index in [0.29, 0.717) is 31.8 Å². The van der Waals surface area contributed by atoms with Gasteiger partial charge in [0.15, 0.2) is 0 Å². The molecule has 2 unspecified atom stereocenters. The van der Waals surface area contributed by atoms with Gasteiger partial charge in [-0.15, -0.1) is 0 Å². The van der Waals surface area contributed by atoms with Gasteiger partial charge in [-0.1, -0.05) is 6.92 Å². The molecule has 18 heavy (non-hydrogen) atoms. The Morgan fingerprint density at radius 1 is 1.33 bits per heavy atom. The molecule has 0 radical (unpaired) electrons. The van der Waals surface area contributed by atoms with Crippen LogP contribution >= 0.6 is 0 Å². The summed E-state index contributed by atoms with van der Waals surface area (Å²) in [5, 5.41) is 3.28. The van der Waals surface area contributed by atoms with Gasteiger partial charge in [-0.2, -0.15) is 0 Å². The topological polar surface area (TPSA) is 50.8 Å². The fourth-order valence-electron chi connectivity index (χ4n) is 2.67. The molecule has 2 aliphatic heterocycles. The first-order chi connectivity index (χ1) is 8.81. The molecule has 0 spiro atoms. The van der Waals surface area contributed by atoms with Crippen molar-refractivity contribution in [3.63, 3.8) is 0 Å². The van der Waals surface area contributed by atoms with Crippen molar-refractivity contribution in [3.05, 3.63) is 0 Å². The van der Waals surface area contributed by atoms with Gasteiger partial charge in [-0.25, -0.2) is 0 Å². The predicted molar refractivity (Wildman–Crippen MR) is 68.4 cm³/mol. The van der Waals surface area contributed by atoms with E-state index in [-0.39, 0.29) is 5.91 Å². The number of hydrogen-bond donors (Lipinski definition) is 1. The van der Waals surface area contributed by atoms with Gasteiger partial charge in [-0.05, 0) is 18.8 Å². The second-order valence-electron chi connectivity index (χ2n) is 4.99. The highest BCUT2D eigenvalue weighted by atomic mass is 16.5. The normalized spacial score (nSPS) is 28.6. The number of carbonyl (C=O) groups is 1. The van der Waals surface area contributed by atoms with Crippen molar-refractivity contribution in [2.24, 2.45) is 5.92 Å². The number of amides is 1. The van der Waals surface area contributed by atoms with Crippen molar-refractivity contribution in [1.29, 1.82) is 0 Å². The summed E-state index contributed by atoms with van der Waals surface area (Å²) in [5.74, 6) is 0.748. The molecule has 1 amide bonds. The number of hydrogen-bond acceptors (Lipinski definition) is 4. The third-order valence-corrected chi connectivity index (χ3v) is 3.80. The first-order valence-electron chi connectivity index (χ1n) is 6.99. The van der Waals surface area contributed by atoms with Crippen molar-refractivity contribution in [1.82, 2.24) is 10.2 Å². The smallest absolute Gasteiger partial charge is 0.236 e. The van der Waals surface area contributed by atoms with Crippen molar-refractivity contribution in [3.8, 4) is 0 Å². The van der Waals surface area contributed by atoms with Gasteiger partial charge in [-0.3, -0.25) is 4.79 Å². The van der Waals surface area contributed by atoms with E-state index < -0.39 is 0 Å². The van der Waals surface area contributed by atoms with Gasteiger partial charge in [0, 0.05) is 26.2 Å². The lowest BCUT2D eigenvalue weighted by atomic mass is 10.00. The van der Waals surface area contributed by atoms with Crippen LogP contribution in [0.2, 0.25) is 0 Å². The fraction of sp³-hybridized carbons (Fsp3) is 0.923. The van der Waals surface area contributed by atoms with E-state index in [1.807, 2.05) is 4.90 Å². The van der Waals surface area contributed by atoms with Gasteiger partial charge in [0.1, 0.15) is 0 Å². The lowest BCUT2D eigenvalue weighted by Gasteiger charge is -2.27. The largest absolute Gasteiger partial charge is 0.378 e. The Labute approximate surface area is 109 Å². The average molecular weight is 256 g/mol. The van der Waals surface area contributed by atoms with Crippen LogP contribution in [0, 0.1) is 5.92 Å². The number of carbonyl (C=O) groups excluding carboxylic acids is 1. The molecule has 0 aromatic heterocycles. The lowest BCUT2D eigenvalue weighted by molar-refractivity contribution is -0.134. The summed E-state index contributed by atoms with van der Waals surface area (Å²) in [6.45, 7) is 7.13. The summed E-state index contributed by atoms with van der Waals surface area (Å²) in [5.41, 5.74) is 0. The monoisotopic (exact) mass is 256 g/mol. The number of nitrogens with zero attached hydrogens (tertiary/aromatic N) is 1. The SMILES string of the molecule is CCC1OCCC1CNCC(=O)N1CCOCC1. The second-order valence-corrected chi connectivity index (χ2v) is 4.99. The Hall–Kier alpha value is -0.650. The van der Waals surface area contributed by atoms with E-state index in [9.17, 15) is 4.79 Å². The molecule has 0 aliphatic carbocycles. The molecule has 104 valence electrons. The quantitative estimate of drug-likeness (QED) is 0.766. The third-order valence-electron chi connectivity index (χ3n) is 3.80. The maximum absolute atomic E-state index is 11.9. The zero-order chi connectivity index (χ0) is 12.8. The summed E-state index contributed by atoms with van der Waals surface area (Å²) >= 11 is 0. The maximum atomic E-state index is 11.9. The van der Waals surface area contributed by atoms with E-state index >= 15 is 0 Å². The molecule has 0 bridgehead atoms. The molecule has 0 aromatic rings. The highest BCUT2D eigenvalue weighted by Crippen LogP contribution is 2.22. The van der Waals surface area contributed by atoms with Crippen molar-refractivity contribution in [2.45, 2.75) is 25.9 Å². The molecule has 5 heteroatoms. The number of nitrogens with one attached hydrogen (secondary N) is 1. The van der Waals surface area contributed by atoms with Crippen LogP contribution < -0.4 is 5.32 Å². The van der Waals surface area contributed by atoms with Gasteiger partial charge < -0.3 is 19.7 Å². The van der Waals surface area contributed by atoms with Crippen LogP contribution in [-0.2, 0) is 14.3 Å². The molecule has 2 rings (SSSR count). The first-order valence-corrected chi connectivity index (χ1v) is 6.99. The molecular formula is C13H24N2O3. The first kappa shape index (κ1) is 13.8. The number of morpholine rings is 1. The number of rotatable bonds is 5. The van der Waals surface area contributed by atoms with E-state index in [1.54, 1.807) is 0 Å². The highest BCUT2D eigenvalue weighted by Gasteiger charge is 2.26. The molecule has 0 saturated carbocycles. The summed E-state index contributed by atoms with van der Waals surface area (Å²) < 4.78 is 10.9. The van der Waals surface area contributed by atoms with Crippen molar-refractivity contribution in [2.75, 3.05) is 46.0 Å². The van der Waals surface area contributed by atoms with Crippen LogP contribution in [0.4, 0.5) is 0 Å². The Kier molecular flexibility index (Phi) is 5.41. The highest BCUT2D eigenvalue weighted by molar-refractivity contribution is 5.78.